The summed E-state index contributed by atoms with van der Waals surface area (Å²) in [6, 6.07) is 38.2. The number of anilines is 2. The first kappa shape index (κ1) is 31.7. The minimum atomic E-state index is -0.523. The topological polar surface area (TPSA) is 96.5 Å². The Kier molecular flexibility index (Phi) is 11.0. The predicted octanol–water partition coefficient (Wildman–Crippen LogP) is 7.55. The molecule has 0 spiro atoms. The molecule has 0 radical (unpaired) electrons. The van der Waals surface area contributed by atoms with Gasteiger partial charge in [0.05, 0.1) is 5.75 Å². The van der Waals surface area contributed by atoms with Crippen molar-refractivity contribution in [1.82, 2.24) is 5.32 Å². The second kappa shape index (κ2) is 15.9. The summed E-state index contributed by atoms with van der Waals surface area (Å²) in [6.07, 6.45) is 1.59. The van der Waals surface area contributed by atoms with Crippen molar-refractivity contribution in [1.29, 1.82) is 0 Å². The third kappa shape index (κ3) is 9.67. The number of nitrogens with one attached hydrogen (secondary N) is 3. The van der Waals surface area contributed by atoms with Crippen molar-refractivity contribution < 1.29 is 23.5 Å². The van der Waals surface area contributed by atoms with Gasteiger partial charge in [-0.2, -0.15) is 0 Å². The number of carbonyl (C=O) groups excluding carboxylic acids is 3. The minimum absolute atomic E-state index is 0.0449. The molecule has 0 heterocycles. The Balaban J connectivity index is 1.26. The van der Waals surface area contributed by atoms with E-state index < -0.39 is 11.8 Å². The molecule has 0 fully saturated rings. The molecule has 3 N–H and O–H groups in total. The highest BCUT2D eigenvalue weighted by atomic mass is 32.2. The summed E-state index contributed by atoms with van der Waals surface area (Å²) in [5.41, 5.74) is 3.16. The van der Waals surface area contributed by atoms with E-state index in [9.17, 15) is 18.8 Å². The number of hydrogen-bond acceptors (Lipinski definition) is 5. The van der Waals surface area contributed by atoms with E-state index in [0.29, 0.717) is 34.9 Å². The Morgan fingerprint density at radius 2 is 1.41 bits per heavy atom. The van der Waals surface area contributed by atoms with E-state index in [0.717, 1.165) is 10.5 Å². The van der Waals surface area contributed by atoms with Crippen molar-refractivity contribution in [3.8, 4) is 5.75 Å². The van der Waals surface area contributed by atoms with Crippen LogP contribution in [0, 0.1) is 5.82 Å². The first-order chi connectivity index (χ1) is 22.4. The molecule has 230 valence electrons. The number of thioether (sulfide) groups is 1. The van der Waals surface area contributed by atoms with E-state index in [2.05, 4.69) is 16.0 Å². The van der Waals surface area contributed by atoms with Crippen molar-refractivity contribution in [2.75, 3.05) is 16.4 Å². The Bertz CT molecular complexity index is 1810. The van der Waals surface area contributed by atoms with Gasteiger partial charge in [-0.1, -0.05) is 66.7 Å². The molecule has 0 aliphatic heterocycles. The fourth-order valence-electron chi connectivity index (χ4n) is 4.25. The maximum absolute atomic E-state index is 13.5. The van der Waals surface area contributed by atoms with Crippen LogP contribution in [0.2, 0.25) is 0 Å². The Morgan fingerprint density at radius 1 is 0.717 bits per heavy atom. The van der Waals surface area contributed by atoms with Crippen LogP contribution in [0.5, 0.6) is 5.75 Å². The summed E-state index contributed by atoms with van der Waals surface area (Å²) in [4.78, 5) is 39.6. The van der Waals surface area contributed by atoms with Crippen molar-refractivity contribution in [2.45, 2.75) is 11.5 Å². The number of halogens is 1. The van der Waals surface area contributed by atoms with Gasteiger partial charge in [-0.25, -0.2) is 4.39 Å². The highest BCUT2D eigenvalue weighted by molar-refractivity contribution is 8.00. The van der Waals surface area contributed by atoms with Gasteiger partial charge in [-0.15, -0.1) is 11.8 Å². The maximum Gasteiger partial charge on any atom is 0.272 e. The van der Waals surface area contributed by atoms with E-state index >= 15 is 0 Å². The van der Waals surface area contributed by atoms with Gasteiger partial charge < -0.3 is 20.7 Å². The van der Waals surface area contributed by atoms with Crippen molar-refractivity contribution in [2.24, 2.45) is 0 Å². The van der Waals surface area contributed by atoms with Gasteiger partial charge >= 0.3 is 0 Å². The monoisotopic (exact) mass is 631 g/mol. The second-order valence-corrected chi connectivity index (χ2v) is 11.1. The molecular formula is C37H30FN3O4S. The van der Waals surface area contributed by atoms with Gasteiger partial charge in [0.15, 0.2) is 0 Å². The lowest BCUT2D eigenvalue weighted by molar-refractivity contribution is -0.114. The molecule has 0 bridgehead atoms. The molecule has 3 amide bonds. The standard InChI is InChI=1S/C37H30FN3O4S/c38-29-16-18-30(19-17-29)39-35(42)25-46-33-13-7-12-31(23-33)40-37(44)34(41-36(43)28-10-5-2-6-11-28)22-26-14-20-32(21-15-26)45-24-27-8-3-1-4-9-27/h1-23H,24-25H2,(H,39,42)(H,40,44)(H,41,43)/b34-22-. The van der Waals surface area contributed by atoms with Crippen LogP contribution in [0.15, 0.2) is 144 Å². The largest absolute Gasteiger partial charge is 0.489 e. The van der Waals surface area contributed by atoms with E-state index in [1.165, 1.54) is 36.0 Å². The molecule has 0 saturated carbocycles. The number of rotatable bonds is 12. The van der Waals surface area contributed by atoms with Crippen LogP contribution in [-0.2, 0) is 16.2 Å². The third-order valence-electron chi connectivity index (χ3n) is 6.56. The molecule has 0 aliphatic rings. The molecule has 0 atom stereocenters. The number of amides is 3. The van der Waals surface area contributed by atoms with Gasteiger partial charge in [0, 0.05) is 21.8 Å². The summed E-state index contributed by atoms with van der Waals surface area (Å²) in [7, 11) is 0. The summed E-state index contributed by atoms with van der Waals surface area (Å²) < 4.78 is 19.0. The van der Waals surface area contributed by atoms with Crippen LogP contribution in [0.4, 0.5) is 15.8 Å². The Morgan fingerprint density at radius 3 is 2.13 bits per heavy atom. The molecule has 5 aromatic rings. The molecule has 0 aromatic heterocycles. The van der Waals surface area contributed by atoms with Gasteiger partial charge in [0.25, 0.3) is 11.8 Å². The van der Waals surface area contributed by atoms with Crippen LogP contribution in [0.25, 0.3) is 6.08 Å². The van der Waals surface area contributed by atoms with E-state index in [-0.39, 0.29) is 23.2 Å². The molecule has 7 nitrogen and oxygen atoms in total. The maximum atomic E-state index is 13.5. The zero-order chi connectivity index (χ0) is 32.1. The zero-order valence-electron chi connectivity index (χ0n) is 24.6. The number of benzene rings is 5. The normalized spacial score (nSPS) is 10.9. The van der Waals surface area contributed by atoms with Crippen molar-refractivity contribution in [3.63, 3.8) is 0 Å². The Hall–Kier alpha value is -5.67. The van der Waals surface area contributed by atoms with Gasteiger partial charge in [-0.05, 0) is 83.9 Å². The molecule has 0 saturated heterocycles. The van der Waals surface area contributed by atoms with Crippen LogP contribution < -0.4 is 20.7 Å². The smallest absolute Gasteiger partial charge is 0.272 e. The van der Waals surface area contributed by atoms with Crippen LogP contribution in [0.3, 0.4) is 0 Å². The fraction of sp³-hybridized carbons (Fsp3) is 0.0541. The van der Waals surface area contributed by atoms with Crippen LogP contribution >= 0.6 is 11.8 Å². The molecule has 5 rings (SSSR count). The molecule has 46 heavy (non-hydrogen) atoms. The number of hydrogen-bond donors (Lipinski definition) is 3. The quantitative estimate of drug-likeness (QED) is 0.0977. The van der Waals surface area contributed by atoms with Crippen molar-refractivity contribution in [3.05, 3.63) is 162 Å². The highest BCUT2D eigenvalue weighted by Gasteiger charge is 2.16. The molecule has 5 aromatic carbocycles. The van der Waals surface area contributed by atoms with Crippen molar-refractivity contribution >= 4 is 46.9 Å². The lowest BCUT2D eigenvalue weighted by Gasteiger charge is -2.12. The molecule has 9 heteroatoms. The SMILES string of the molecule is O=C(CSc1cccc(NC(=O)/C(=C/c2ccc(OCc3ccccc3)cc2)NC(=O)c2ccccc2)c1)Nc1ccc(F)cc1. The summed E-state index contributed by atoms with van der Waals surface area (Å²) in [5, 5.41) is 8.31. The van der Waals surface area contributed by atoms with Crippen LogP contribution in [-0.4, -0.2) is 23.5 Å². The second-order valence-electron chi connectivity index (χ2n) is 10.0. The molecule has 0 unspecified atom stereocenters. The van der Waals surface area contributed by atoms with Gasteiger partial charge in [0.1, 0.15) is 23.9 Å². The minimum Gasteiger partial charge on any atom is -0.489 e. The zero-order valence-corrected chi connectivity index (χ0v) is 25.4. The Labute approximate surface area is 270 Å². The van der Waals surface area contributed by atoms with Crippen LogP contribution in [0.1, 0.15) is 21.5 Å². The first-order valence-electron chi connectivity index (χ1n) is 14.4. The first-order valence-corrected chi connectivity index (χ1v) is 15.3. The number of ether oxygens (including phenoxy) is 1. The van der Waals surface area contributed by atoms with Gasteiger partial charge in [-0.3, -0.25) is 14.4 Å². The predicted molar refractivity (Wildman–Crippen MR) is 180 cm³/mol. The summed E-state index contributed by atoms with van der Waals surface area (Å²) in [6.45, 7) is 0.424. The van der Waals surface area contributed by atoms with E-state index in [4.69, 9.17) is 4.74 Å². The highest BCUT2D eigenvalue weighted by Crippen LogP contribution is 2.23. The van der Waals surface area contributed by atoms with E-state index in [1.54, 1.807) is 78.9 Å². The molecule has 0 aliphatic carbocycles. The lowest BCUT2D eigenvalue weighted by Crippen LogP contribution is -2.30. The average Bonchev–Trinajstić information content (AvgIpc) is 3.09. The lowest BCUT2D eigenvalue weighted by atomic mass is 10.1. The fourth-order valence-corrected chi connectivity index (χ4v) is 5.01. The number of carbonyl (C=O) groups is 3. The van der Waals surface area contributed by atoms with Gasteiger partial charge in [0.2, 0.25) is 5.91 Å². The van der Waals surface area contributed by atoms with E-state index in [1.807, 2.05) is 36.4 Å². The summed E-state index contributed by atoms with van der Waals surface area (Å²) >= 11 is 1.28. The summed E-state index contributed by atoms with van der Waals surface area (Å²) in [5.74, 6) is -0.813. The molecular weight excluding hydrogens is 601 g/mol. The third-order valence-corrected chi connectivity index (χ3v) is 7.55. The average molecular weight is 632 g/mol.